The summed E-state index contributed by atoms with van der Waals surface area (Å²) in [5.74, 6) is 0. The lowest BCUT2D eigenvalue weighted by atomic mass is 9.99. The maximum atomic E-state index is 3.77. The van der Waals surface area contributed by atoms with Crippen molar-refractivity contribution in [2.24, 2.45) is 0 Å². The van der Waals surface area contributed by atoms with Gasteiger partial charge in [0.2, 0.25) is 0 Å². The molecule has 0 spiro atoms. The Hall–Kier alpha value is -5.38. The van der Waals surface area contributed by atoms with Crippen molar-refractivity contribution < 1.29 is 0 Å². The summed E-state index contributed by atoms with van der Waals surface area (Å²) in [6.07, 6.45) is 0. The van der Waals surface area contributed by atoms with Crippen LogP contribution in [0, 0.1) is 0 Å². The quantitative estimate of drug-likeness (QED) is 0.182. The van der Waals surface area contributed by atoms with Crippen LogP contribution in [0.4, 0.5) is 0 Å². The van der Waals surface area contributed by atoms with E-state index in [9.17, 15) is 0 Å². The summed E-state index contributed by atoms with van der Waals surface area (Å²) in [5, 5.41) is 7.71. The zero-order valence-electron chi connectivity index (χ0n) is 24.2. The van der Waals surface area contributed by atoms with Gasteiger partial charge in [0.1, 0.15) is 0 Å². The van der Waals surface area contributed by atoms with Crippen molar-refractivity contribution >= 4 is 75.8 Å². The van der Waals surface area contributed by atoms with Crippen LogP contribution < -0.4 is 0 Å². The molecule has 0 aliphatic rings. The highest BCUT2D eigenvalue weighted by atomic mass is 79.9. The fourth-order valence-electron chi connectivity index (χ4n) is 7.53. The number of hydrogen-bond acceptors (Lipinski definition) is 0. The molecule has 7 aromatic carbocycles. The Bertz CT molecular complexity index is 2770. The van der Waals surface area contributed by atoms with E-state index in [1.54, 1.807) is 0 Å². The number of benzene rings is 7. The molecule has 0 radical (unpaired) electrons. The van der Waals surface area contributed by atoms with Crippen LogP contribution in [0.5, 0.6) is 0 Å². The first-order chi connectivity index (χ1) is 22.2. The predicted octanol–water partition coefficient (Wildman–Crippen LogP) is 12.0. The maximum absolute atomic E-state index is 3.77. The summed E-state index contributed by atoms with van der Waals surface area (Å²) in [7, 11) is 0. The Balaban J connectivity index is 1.20. The largest absolute Gasteiger partial charge is 0.309 e. The molecule has 0 saturated heterocycles. The van der Waals surface area contributed by atoms with Crippen molar-refractivity contribution in [3.63, 3.8) is 0 Å². The van der Waals surface area contributed by atoms with E-state index < -0.39 is 0 Å². The smallest absolute Gasteiger partial charge is 0.0620 e. The predicted molar refractivity (Wildman–Crippen MR) is 194 cm³/mol. The Morgan fingerprint density at radius 1 is 0.378 bits per heavy atom. The first-order valence-corrected chi connectivity index (χ1v) is 16.1. The van der Waals surface area contributed by atoms with Gasteiger partial charge < -0.3 is 8.97 Å². The third-order valence-corrected chi connectivity index (χ3v) is 10.2. The molecule has 210 valence electrons. The van der Waals surface area contributed by atoms with Crippen LogP contribution in [0.15, 0.2) is 156 Å². The number of rotatable bonds is 3. The van der Waals surface area contributed by atoms with E-state index >= 15 is 0 Å². The number of para-hydroxylation sites is 3. The van der Waals surface area contributed by atoms with E-state index in [2.05, 4.69) is 177 Å². The molecule has 10 rings (SSSR count). The second-order valence-corrected chi connectivity index (χ2v) is 12.8. The molecule has 0 unspecified atom stereocenters. The van der Waals surface area contributed by atoms with Gasteiger partial charge in [0, 0.05) is 42.5 Å². The number of nitrogens with zero attached hydrogens (tertiary/aromatic N) is 2. The summed E-state index contributed by atoms with van der Waals surface area (Å²) in [4.78, 5) is 0. The minimum atomic E-state index is 1.11. The Morgan fingerprint density at radius 2 is 0.978 bits per heavy atom. The highest BCUT2D eigenvalue weighted by Gasteiger charge is 2.19. The molecule has 3 heteroatoms. The van der Waals surface area contributed by atoms with E-state index in [1.807, 2.05) is 0 Å². The lowest BCUT2D eigenvalue weighted by Gasteiger charge is -2.08. The van der Waals surface area contributed by atoms with Gasteiger partial charge >= 0.3 is 0 Å². The van der Waals surface area contributed by atoms with Crippen LogP contribution in [0.1, 0.15) is 0 Å². The topological polar surface area (TPSA) is 9.34 Å². The third-order valence-electron chi connectivity index (χ3n) is 9.52. The second-order valence-electron chi connectivity index (χ2n) is 11.9. The van der Waals surface area contributed by atoms with Gasteiger partial charge in [0.15, 0.2) is 0 Å². The fourth-order valence-corrected chi connectivity index (χ4v) is 8.04. The summed E-state index contributed by atoms with van der Waals surface area (Å²) in [6, 6.07) is 55.4. The Labute approximate surface area is 267 Å². The van der Waals surface area contributed by atoms with Gasteiger partial charge in [-0.25, -0.2) is 0 Å². The number of fused-ring (bicyclic) bond motifs is 9. The van der Waals surface area contributed by atoms with Crippen molar-refractivity contribution in [1.82, 2.24) is 8.97 Å². The Morgan fingerprint density at radius 3 is 1.80 bits per heavy atom. The fraction of sp³-hybridized carbons (Fsp3) is 0. The molecule has 0 aliphatic heterocycles. The average molecular weight is 638 g/mol. The normalized spacial score (nSPS) is 12.1. The average Bonchev–Trinajstić information content (AvgIpc) is 3.73. The van der Waals surface area contributed by atoms with Crippen molar-refractivity contribution in [3.05, 3.63) is 156 Å². The highest BCUT2D eigenvalue weighted by Crippen LogP contribution is 2.42. The molecule has 3 heterocycles. The summed E-state index contributed by atoms with van der Waals surface area (Å²) in [6.45, 7) is 0. The van der Waals surface area contributed by atoms with Crippen LogP contribution in [-0.2, 0) is 0 Å². The molecule has 45 heavy (non-hydrogen) atoms. The molecule has 3 aromatic heterocycles. The van der Waals surface area contributed by atoms with Crippen LogP contribution in [0.25, 0.3) is 87.8 Å². The third kappa shape index (κ3) is 3.50. The number of hydrogen-bond donors (Lipinski definition) is 0. The van der Waals surface area contributed by atoms with E-state index in [1.165, 1.54) is 87.8 Å². The molecular formula is C42H25BrN2. The minimum absolute atomic E-state index is 1.11. The van der Waals surface area contributed by atoms with Gasteiger partial charge in [-0.3, -0.25) is 0 Å². The molecule has 10 aromatic rings. The lowest BCUT2D eigenvalue weighted by molar-refractivity contribution is 1.18. The summed E-state index contributed by atoms with van der Waals surface area (Å²) in [5.41, 5.74) is 12.3. The molecule has 0 atom stereocenters. The van der Waals surface area contributed by atoms with Crippen molar-refractivity contribution in [2.45, 2.75) is 0 Å². The number of aromatic nitrogens is 2. The lowest BCUT2D eigenvalue weighted by Crippen LogP contribution is -1.92. The molecule has 0 N–H and O–H groups in total. The van der Waals surface area contributed by atoms with Crippen LogP contribution in [0.3, 0.4) is 0 Å². The van der Waals surface area contributed by atoms with Gasteiger partial charge in [0.05, 0.1) is 27.6 Å². The van der Waals surface area contributed by atoms with Gasteiger partial charge in [-0.2, -0.15) is 0 Å². The van der Waals surface area contributed by atoms with Gasteiger partial charge in [-0.15, -0.1) is 0 Å². The summed E-state index contributed by atoms with van der Waals surface area (Å²) < 4.78 is 5.95. The summed E-state index contributed by atoms with van der Waals surface area (Å²) >= 11 is 3.77. The standard InChI is InChI=1S/C42H25BrN2/c43-37-15-6-4-11-30(37)28-17-20-32-33-13-8-14-34-36-24-27(19-22-40(36)45(42(33)34)41(32)25-28)26-18-21-39-35(23-26)31-12-5-7-16-38(31)44(39)29-9-2-1-3-10-29/h1-25H. The van der Waals surface area contributed by atoms with E-state index in [0.29, 0.717) is 0 Å². The molecule has 0 bridgehead atoms. The molecule has 0 fully saturated rings. The first-order valence-electron chi connectivity index (χ1n) is 15.3. The van der Waals surface area contributed by atoms with E-state index in [0.717, 1.165) is 4.47 Å². The van der Waals surface area contributed by atoms with Gasteiger partial charge in [0.25, 0.3) is 0 Å². The number of halogens is 1. The maximum Gasteiger partial charge on any atom is 0.0620 e. The molecule has 0 amide bonds. The van der Waals surface area contributed by atoms with Gasteiger partial charge in [-0.05, 0) is 76.9 Å². The highest BCUT2D eigenvalue weighted by molar-refractivity contribution is 9.10. The molecular weight excluding hydrogens is 612 g/mol. The molecule has 0 saturated carbocycles. The zero-order valence-corrected chi connectivity index (χ0v) is 25.8. The second kappa shape index (κ2) is 9.31. The zero-order chi connectivity index (χ0) is 29.6. The van der Waals surface area contributed by atoms with Crippen LogP contribution in [0.2, 0.25) is 0 Å². The van der Waals surface area contributed by atoms with Gasteiger partial charge in [-0.1, -0.05) is 113 Å². The Kier molecular flexibility index (Phi) is 5.17. The van der Waals surface area contributed by atoms with E-state index in [-0.39, 0.29) is 0 Å². The molecule has 2 nitrogen and oxygen atoms in total. The first kappa shape index (κ1) is 25.0. The molecule has 0 aliphatic carbocycles. The minimum Gasteiger partial charge on any atom is -0.309 e. The van der Waals surface area contributed by atoms with Crippen molar-refractivity contribution in [1.29, 1.82) is 0 Å². The van der Waals surface area contributed by atoms with Crippen molar-refractivity contribution in [2.75, 3.05) is 0 Å². The monoisotopic (exact) mass is 636 g/mol. The van der Waals surface area contributed by atoms with E-state index in [4.69, 9.17) is 0 Å². The van der Waals surface area contributed by atoms with Crippen LogP contribution >= 0.6 is 15.9 Å². The SMILES string of the molecule is Brc1ccccc1-c1ccc2c3cccc4c5cc(-c6ccc7c(c6)c6ccccc6n7-c6ccccc6)ccc5n(c2c1)c43. The van der Waals surface area contributed by atoms with Crippen molar-refractivity contribution in [3.8, 4) is 27.9 Å². The van der Waals surface area contributed by atoms with Crippen LogP contribution in [-0.4, -0.2) is 8.97 Å².